The summed E-state index contributed by atoms with van der Waals surface area (Å²) in [6.45, 7) is 60.5. The van der Waals surface area contributed by atoms with Crippen LogP contribution in [0.2, 0.25) is 0 Å². The van der Waals surface area contributed by atoms with Crippen molar-refractivity contribution >= 4 is 9.84 Å². The van der Waals surface area contributed by atoms with Crippen LogP contribution in [0.5, 0.6) is 0 Å². The quantitative estimate of drug-likeness (QED) is 0.129. The van der Waals surface area contributed by atoms with Crippen molar-refractivity contribution < 1.29 is 8.42 Å². The first-order chi connectivity index (χ1) is 53.7. The van der Waals surface area contributed by atoms with Gasteiger partial charge in [-0.2, -0.15) is 0 Å². The fourth-order valence-electron chi connectivity index (χ4n) is 12.5. The molecule has 0 radical (unpaired) electrons. The lowest BCUT2D eigenvalue weighted by Gasteiger charge is -2.28. The van der Waals surface area contributed by atoms with Crippen molar-refractivity contribution in [2.45, 2.75) is 371 Å². The molecule has 0 spiro atoms. The molecule has 8 aromatic carbocycles. The molecule has 0 unspecified atom stereocenters. The van der Waals surface area contributed by atoms with Gasteiger partial charge >= 0.3 is 0 Å². The van der Waals surface area contributed by atoms with E-state index in [0.29, 0.717) is 9.79 Å². The lowest BCUT2D eigenvalue weighted by Crippen LogP contribution is -2.18. The predicted molar refractivity (Wildman–Crippen MR) is 505 cm³/mol. The molecule has 12 rings (SSSR count). The van der Waals surface area contributed by atoms with Gasteiger partial charge in [-0.3, -0.25) is 0 Å². The lowest BCUT2D eigenvalue weighted by atomic mass is 9.78. The van der Waals surface area contributed by atoms with Crippen LogP contribution in [0.1, 0.15) is 371 Å². The third-order valence-electron chi connectivity index (χ3n) is 17.3. The molecule has 109 heavy (non-hydrogen) atoms. The second kappa shape index (κ2) is 94.1. The predicted octanol–water partition coefficient (Wildman–Crippen LogP) is 36.6. The molecule has 0 N–H and O–H groups in total. The van der Waals surface area contributed by atoms with Crippen molar-refractivity contribution in [1.82, 2.24) is 0 Å². The molecule has 0 saturated heterocycles. The van der Waals surface area contributed by atoms with Gasteiger partial charge in [0.05, 0.1) is 9.79 Å². The van der Waals surface area contributed by atoms with Crippen molar-refractivity contribution in [3.63, 3.8) is 0 Å². The van der Waals surface area contributed by atoms with Crippen LogP contribution in [0.4, 0.5) is 0 Å². The smallest absolute Gasteiger partial charge is 0.206 e. The fourth-order valence-corrected chi connectivity index (χ4v) is 13.8. The molecule has 0 amide bonds. The SMILES string of the molecule is C1CCC(CC2CCCCC2)CC1.C1CCC(CC2CCCCC2)CC1.CC.CC.CC.CC.CC.CC.CC.CC.CC.CC.CC.CC.CC.CC.CC(C)(c1ccccc1)c1ccccc1.O=S(=O)(c1ccccc1)c1ccccc1.c1ccc(-c2ccccc2)cc1.c1ccc(Cc2ccccc2)cc1. The molecule has 622 valence electrons. The zero-order valence-corrected chi connectivity index (χ0v) is 78.2. The van der Waals surface area contributed by atoms with E-state index in [1.807, 2.05) is 206 Å². The van der Waals surface area contributed by atoms with Gasteiger partial charge in [0.1, 0.15) is 0 Å². The Bertz CT molecular complexity index is 2680. The van der Waals surface area contributed by atoms with E-state index in [1.54, 1.807) is 125 Å². The molecule has 0 atom stereocenters. The van der Waals surface area contributed by atoms with Crippen LogP contribution < -0.4 is 0 Å². The number of benzene rings is 8. The summed E-state index contributed by atoms with van der Waals surface area (Å²) in [5, 5.41) is 0. The summed E-state index contributed by atoms with van der Waals surface area (Å²) in [6.07, 6.45) is 34.9. The van der Waals surface area contributed by atoms with Gasteiger partial charge in [0.15, 0.2) is 0 Å². The summed E-state index contributed by atoms with van der Waals surface area (Å²) in [7, 11) is -3.34. The van der Waals surface area contributed by atoms with Crippen molar-refractivity contribution in [2.75, 3.05) is 0 Å². The Morgan fingerprint density at radius 3 is 0.587 bits per heavy atom. The first-order valence-electron chi connectivity index (χ1n) is 45.4. The third kappa shape index (κ3) is 60.1. The molecular formula is C106H180O2S. The summed E-state index contributed by atoms with van der Waals surface area (Å²) in [6, 6.07) is 80.0. The maximum absolute atomic E-state index is 12.0. The average molecular weight is 1520 g/mol. The lowest BCUT2D eigenvalue weighted by molar-refractivity contribution is 0.244. The molecule has 2 nitrogen and oxygen atoms in total. The first-order valence-corrected chi connectivity index (χ1v) is 46.9. The third-order valence-corrected chi connectivity index (χ3v) is 19.1. The van der Waals surface area contributed by atoms with Gasteiger partial charge in [0.2, 0.25) is 9.84 Å². The Morgan fingerprint density at radius 2 is 0.394 bits per heavy atom. The summed E-state index contributed by atoms with van der Waals surface area (Å²) >= 11 is 0. The molecule has 4 aliphatic rings. The highest BCUT2D eigenvalue weighted by Gasteiger charge is 2.23. The van der Waals surface area contributed by atoms with E-state index in [0.717, 1.165) is 30.1 Å². The zero-order valence-electron chi connectivity index (χ0n) is 77.4. The summed E-state index contributed by atoms with van der Waals surface area (Å²) < 4.78 is 24.1. The second-order valence-corrected chi connectivity index (χ2v) is 25.8. The normalized spacial score (nSPS) is 12.7. The zero-order chi connectivity index (χ0) is 84.5. The van der Waals surface area contributed by atoms with Gasteiger partial charge < -0.3 is 0 Å². The molecule has 0 heterocycles. The maximum atomic E-state index is 12.0. The summed E-state index contributed by atoms with van der Waals surface area (Å²) in [4.78, 5) is 0.660. The van der Waals surface area contributed by atoms with E-state index in [2.05, 4.69) is 184 Å². The van der Waals surface area contributed by atoms with Crippen molar-refractivity contribution in [1.29, 1.82) is 0 Å². The highest BCUT2D eigenvalue weighted by atomic mass is 32.2. The van der Waals surface area contributed by atoms with Gasteiger partial charge in [0, 0.05) is 5.41 Å². The van der Waals surface area contributed by atoms with Gasteiger partial charge in [0.25, 0.3) is 0 Å². The number of hydrogen-bond donors (Lipinski definition) is 0. The minimum atomic E-state index is -3.34. The van der Waals surface area contributed by atoms with Crippen molar-refractivity contribution in [2.24, 2.45) is 23.7 Å². The standard InChI is InChI=1S/C15H16.2C13H24.C13H12.C12H10O2S.C12H10.14C2H6/c1-15(2,13-9-5-3-6-10-13)14-11-7-4-8-12-14;3*1-3-7-12(8-4-1)11-13-9-5-2-6-10-13;13-15(14,11-7-3-1-4-8-11)12-9-5-2-6-10-12;1-3-7-11(8-4-1)12-9-5-2-6-10-12;14*1-2/h3-12H,1-2H3;2*12-13H,1-11H2;1-10H,11H2;1-10H;1-10H;14*1-2H3. The Balaban J connectivity index is -0.000000176. The Hall–Kier alpha value is -6.29. The van der Waals surface area contributed by atoms with E-state index in [-0.39, 0.29) is 5.41 Å². The number of sulfone groups is 1. The van der Waals surface area contributed by atoms with Crippen molar-refractivity contribution in [3.05, 3.63) is 265 Å². The van der Waals surface area contributed by atoms with Crippen LogP contribution in [-0.4, -0.2) is 8.42 Å². The molecule has 0 aromatic heterocycles. The van der Waals surface area contributed by atoms with E-state index in [4.69, 9.17) is 0 Å². The highest BCUT2D eigenvalue weighted by molar-refractivity contribution is 7.91. The summed E-state index contributed by atoms with van der Waals surface area (Å²) in [5.41, 5.74) is 8.09. The van der Waals surface area contributed by atoms with Gasteiger partial charge in [-0.1, -0.05) is 555 Å². The number of hydrogen-bond acceptors (Lipinski definition) is 2. The Labute approximate surface area is 684 Å². The largest absolute Gasteiger partial charge is 0.219 e. The maximum Gasteiger partial charge on any atom is 0.206 e. The molecular weight excluding hydrogens is 1340 g/mol. The van der Waals surface area contributed by atoms with Crippen LogP contribution in [0.3, 0.4) is 0 Å². The molecule has 3 heteroatoms. The monoisotopic (exact) mass is 1520 g/mol. The fraction of sp³-hybridized carbons (Fsp3) is 0.547. The number of rotatable bonds is 11. The average Bonchev–Trinajstić information content (AvgIpc) is 0.821. The second-order valence-electron chi connectivity index (χ2n) is 23.9. The minimum absolute atomic E-state index is 0.0858. The van der Waals surface area contributed by atoms with Gasteiger partial charge in [-0.25, -0.2) is 8.42 Å². The van der Waals surface area contributed by atoms with Gasteiger partial charge in [-0.05, 0) is 101 Å². The minimum Gasteiger partial charge on any atom is -0.219 e. The Morgan fingerprint density at radius 1 is 0.229 bits per heavy atom. The van der Waals surface area contributed by atoms with E-state index >= 15 is 0 Å². The van der Waals surface area contributed by atoms with Crippen LogP contribution in [-0.2, 0) is 21.7 Å². The summed E-state index contributed by atoms with van der Waals surface area (Å²) in [5.74, 6) is 4.49. The van der Waals surface area contributed by atoms with Crippen molar-refractivity contribution in [3.8, 4) is 11.1 Å². The molecule has 4 aliphatic carbocycles. The van der Waals surface area contributed by atoms with Crippen LogP contribution >= 0.6 is 0 Å². The molecule has 4 fully saturated rings. The van der Waals surface area contributed by atoms with Crippen LogP contribution in [0, 0.1) is 23.7 Å². The molecule has 4 saturated carbocycles. The topological polar surface area (TPSA) is 34.1 Å². The molecule has 0 bridgehead atoms. The Kier molecular flexibility index (Phi) is 102. The van der Waals surface area contributed by atoms with Crippen LogP contribution in [0.25, 0.3) is 11.1 Å². The highest BCUT2D eigenvalue weighted by Crippen LogP contribution is 2.37. The molecule has 8 aromatic rings. The first kappa shape index (κ1) is 118. The molecule has 0 aliphatic heterocycles. The van der Waals surface area contributed by atoms with E-state index in [1.165, 1.54) is 110 Å². The van der Waals surface area contributed by atoms with Gasteiger partial charge in [-0.15, -0.1) is 0 Å². The van der Waals surface area contributed by atoms with Crippen LogP contribution in [0.15, 0.2) is 252 Å². The van der Waals surface area contributed by atoms with E-state index < -0.39 is 9.84 Å². The van der Waals surface area contributed by atoms with E-state index in [9.17, 15) is 8.42 Å².